The van der Waals surface area contributed by atoms with E-state index in [0.29, 0.717) is 0 Å². The minimum absolute atomic E-state index is 0.387. The zero-order valence-corrected chi connectivity index (χ0v) is 28.8. The fraction of sp³-hybridized carbons (Fsp3) is 0.0192. The molecule has 9 aromatic carbocycles. The summed E-state index contributed by atoms with van der Waals surface area (Å²) in [5, 5.41) is 8.74. The molecule has 0 saturated carbocycles. The first-order valence-corrected chi connectivity index (χ1v) is 18.5. The molecule has 0 radical (unpaired) electrons. The lowest BCUT2D eigenvalue weighted by Crippen LogP contribution is -2.25. The van der Waals surface area contributed by atoms with Crippen LogP contribution in [-0.4, -0.2) is 4.98 Å². The highest BCUT2D eigenvalue weighted by atomic mass is 14.7. The standard InChI is InChI=1S/C52H31N/c1-2-14-35-34(13-1)31-43(37-16-4-3-15-36(35)37)32-25-27-33(28-26-32)51-42-29-30-47-50(49(42)41-20-8-12-24-48(41)53-51)40-19-7-11-23-46(40)52(47)44-21-9-5-17-38(44)39-18-6-10-22-45(39)52/h1-31H. The summed E-state index contributed by atoms with van der Waals surface area (Å²) in [6, 6.07) is 69.5. The first-order chi connectivity index (χ1) is 26.3. The minimum Gasteiger partial charge on any atom is -0.247 e. The second kappa shape index (κ2) is 10.6. The lowest BCUT2D eigenvalue weighted by Gasteiger charge is -2.30. The second-order valence-corrected chi connectivity index (χ2v) is 14.5. The largest absolute Gasteiger partial charge is 0.247 e. The van der Waals surface area contributed by atoms with Crippen LogP contribution in [0.3, 0.4) is 0 Å². The van der Waals surface area contributed by atoms with Crippen LogP contribution in [0.4, 0.5) is 0 Å². The Morgan fingerprint density at radius 2 is 0.887 bits per heavy atom. The third-order valence-corrected chi connectivity index (χ3v) is 12.1. The van der Waals surface area contributed by atoms with E-state index in [9.17, 15) is 0 Å². The highest BCUT2D eigenvalue weighted by Crippen LogP contribution is 2.64. The molecule has 2 aliphatic carbocycles. The van der Waals surface area contributed by atoms with Crippen LogP contribution in [0, 0.1) is 0 Å². The van der Waals surface area contributed by atoms with Gasteiger partial charge in [-0.2, -0.15) is 0 Å². The third kappa shape index (κ3) is 3.73. The van der Waals surface area contributed by atoms with Crippen LogP contribution in [-0.2, 0) is 5.41 Å². The zero-order chi connectivity index (χ0) is 34.7. The Morgan fingerprint density at radius 3 is 1.62 bits per heavy atom. The lowest BCUT2D eigenvalue weighted by atomic mass is 9.70. The van der Waals surface area contributed by atoms with Gasteiger partial charge >= 0.3 is 0 Å². The molecule has 0 atom stereocenters. The van der Waals surface area contributed by atoms with Gasteiger partial charge in [-0.1, -0.05) is 176 Å². The van der Waals surface area contributed by atoms with Crippen molar-refractivity contribution in [3.63, 3.8) is 0 Å². The van der Waals surface area contributed by atoms with Gasteiger partial charge in [0.05, 0.1) is 16.6 Å². The van der Waals surface area contributed by atoms with E-state index in [1.54, 1.807) is 0 Å². The Kier molecular flexibility index (Phi) is 5.77. The molecule has 1 heteroatoms. The second-order valence-electron chi connectivity index (χ2n) is 14.5. The highest BCUT2D eigenvalue weighted by Gasteiger charge is 2.52. The summed E-state index contributed by atoms with van der Waals surface area (Å²) in [6.07, 6.45) is 0. The predicted molar refractivity (Wildman–Crippen MR) is 221 cm³/mol. The molecule has 0 saturated heterocycles. The van der Waals surface area contributed by atoms with Crippen molar-refractivity contribution < 1.29 is 0 Å². The molecule has 1 nitrogen and oxygen atoms in total. The minimum atomic E-state index is -0.387. The maximum Gasteiger partial charge on any atom is 0.0788 e. The average Bonchev–Trinajstić information content (AvgIpc) is 3.71. The number of aromatic nitrogens is 1. The SMILES string of the molecule is c1ccc2c(c1)-c1ccccc1C21c2ccccc2-c2c1ccc1c(-c3ccc(-c4cc5ccccc5c5ccccc45)cc3)nc3ccccc3c21. The Balaban J connectivity index is 1.12. The summed E-state index contributed by atoms with van der Waals surface area (Å²) >= 11 is 0. The number of benzene rings is 9. The van der Waals surface area contributed by atoms with E-state index in [1.165, 1.54) is 93.3 Å². The van der Waals surface area contributed by atoms with Crippen molar-refractivity contribution in [2.45, 2.75) is 5.41 Å². The Morgan fingerprint density at radius 1 is 0.340 bits per heavy atom. The van der Waals surface area contributed by atoms with Gasteiger partial charge in [0, 0.05) is 21.7 Å². The normalized spacial score (nSPS) is 13.4. The van der Waals surface area contributed by atoms with Gasteiger partial charge in [0.15, 0.2) is 0 Å². The number of hydrogen-bond acceptors (Lipinski definition) is 1. The van der Waals surface area contributed by atoms with E-state index in [-0.39, 0.29) is 5.41 Å². The van der Waals surface area contributed by atoms with Gasteiger partial charge in [-0.05, 0) is 89.3 Å². The number of fused-ring (bicyclic) bond motifs is 17. The molecule has 12 rings (SSSR count). The van der Waals surface area contributed by atoms with E-state index in [2.05, 4.69) is 188 Å². The van der Waals surface area contributed by atoms with Crippen molar-refractivity contribution in [1.29, 1.82) is 0 Å². The Labute approximate surface area is 307 Å². The lowest BCUT2D eigenvalue weighted by molar-refractivity contribution is 0.794. The molecule has 1 aromatic heterocycles. The van der Waals surface area contributed by atoms with Gasteiger partial charge in [0.2, 0.25) is 0 Å². The molecule has 0 aliphatic heterocycles. The molecule has 1 heterocycles. The monoisotopic (exact) mass is 669 g/mol. The summed E-state index contributed by atoms with van der Waals surface area (Å²) in [6.45, 7) is 0. The van der Waals surface area contributed by atoms with E-state index in [4.69, 9.17) is 4.98 Å². The van der Waals surface area contributed by atoms with Crippen molar-refractivity contribution in [2.24, 2.45) is 0 Å². The third-order valence-electron chi connectivity index (χ3n) is 12.1. The smallest absolute Gasteiger partial charge is 0.0788 e. The van der Waals surface area contributed by atoms with Crippen LogP contribution in [0.25, 0.3) is 87.9 Å². The van der Waals surface area contributed by atoms with Crippen molar-refractivity contribution in [1.82, 2.24) is 4.98 Å². The fourth-order valence-corrected chi connectivity index (χ4v) is 9.94. The number of nitrogens with zero attached hydrogens (tertiary/aromatic N) is 1. The van der Waals surface area contributed by atoms with Crippen molar-refractivity contribution in [3.8, 4) is 44.6 Å². The average molecular weight is 670 g/mol. The number of hydrogen-bond donors (Lipinski definition) is 0. The predicted octanol–water partition coefficient (Wildman–Crippen LogP) is 13.4. The van der Waals surface area contributed by atoms with Crippen LogP contribution in [0.15, 0.2) is 188 Å². The van der Waals surface area contributed by atoms with E-state index in [0.717, 1.165) is 16.8 Å². The van der Waals surface area contributed by atoms with Crippen molar-refractivity contribution in [3.05, 3.63) is 210 Å². The van der Waals surface area contributed by atoms with E-state index in [1.807, 2.05) is 0 Å². The molecule has 0 bridgehead atoms. The molecule has 0 N–H and O–H groups in total. The van der Waals surface area contributed by atoms with Gasteiger partial charge in [-0.15, -0.1) is 0 Å². The van der Waals surface area contributed by atoms with Crippen LogP contribution < -0.4 is 0 Å². The maximum absolute atomic E-state index is 5.41. The summed E-state index contributed by atoms with van der Waals surface area (Å²) in [7, 11) is 0. The van der Waals surface area contributed by atoms with E-state index < -0.39 is 0 Å². The number of para-hydroxylation sites is 1. The fourth-order valence-electron chi connectivity index (χ4n) is 9.94. The Bertz CT molecular complexity index is 3120. The molecule has 2 aliphatic rings. The topological polar surface area (TPSA) is 12.9 Å². The summed E-state index contributed by atoms with van der Waals surface area (Å²) in [5.41, 5.74) is 15.9. The summed E-state index contributed by atoms with van der Waals surface area (Å²) in [5.74, 6) is 0. The van der Waals surface area contributed by atoms with Gasteiger partial charge in [-0.3, -0.25) is 0 Å². The maximum atomic E-state index is 5.41. The van der Waals surface area contributed by atoms with Gasteiger partial charge in [0.25, 0.3) is 0 Å². The molecule has 0 fully saturated rings. The quantitative estimate of drug-likeness (QED) is 0.167. The zero-order valence-electron chi connectivity index (χ0n) is 28.8. The van der Waals surface area contributed by atoms with Gasteiger partial charge in [-0.25, -0.2) is 4.98 Å². The molecule has 10 aromatic rings. The first kappa shape index (κ1) is 28.8. The van der Waals surface area contributed by atoms with Gasteiger partial charge < -0.3 is 0 Å². The van der Waals surface area contributed by atoms with Crippen LogP contribution in [0.5, 0.6) is 0 Å². The Hall–Kier alpha value is -6.83. The number of pyridine rings is 1. The molecule has 0 amide bonds. The van der Waals surface area contributed by atoms with Crippen molar-refractivity contribution in [2.75, 3.05) is 0 Å². The summed E-state index contributed by atoms with van der Waals surface area (Å²) < 4.78 is 0. The first-order valence-electron chi connectivity index (χ1n) is 18.5. The molecule has 244 valence electrons. The molecule has 0 unspecified atom stereocenters. The van der Waals surface area contributed by atoms with Gasteiger partial charge in [0.1, 0.15) is 0 Å². The molecule has 1 spiro atoms. The number of rotatable bonds is 2. The van der Waals surface area contributed by atoms with Crippen LogP contribution >= 0.6 is 0 Å². The molecular formula is C52H31N. The molecule has 53 heavy (non-hydrogen) atoms. The van der Waals surface area contributed by atoms with E-state index >= 15 is 0 Å². The van der Waals surface area contributed by atoms with Crippen LogP contribution in [0.2, 0.25) is 0 Å². The van der Waals surface area contributed by atoms with Crippen LogP contribution in [0.1, 0.15) is 22.3 Å². The summed E-state index contributed by atoms with van der Waals surface area (Å²) in [4.78, 5) is 5.41. The molecular weight excluding hydrogens is 639 g/mol. The van der Waals surface area contributed by atoms with Crippen molar-refractivity contribution >= 4 is 43.2 Å². The highest BCUT2D eigenvalue weighted by molar-refractivity contribution is 6.20.